The van der Waals surface area contributed by atoms with Gasteiger partial charge in [0.15, 0.2) is 5.84 Å². The smallest absolute Gasteiger partial charge is 0.156 e. The average molecular weight is 178 g/mol. The van der Waals surface area contributed by atoms with Crippen LogP contribution in [0.2, 0.25) is 0 Å². The van der Waals surface area contributed by atoms with E-state index in [1.54, 1.807) is 0 Å². The molecule has 0 saturated heterocycles. The summed E-state index contributed by atoms with van der Waals surface area (Å²) < 4.78 is 0. The normalized spacial score (nSPS) is 19.8. The van der Waals surface area contributed by atoms with Crippen LogP contribution in [-0.2, 0) is 0 Å². The summed E-state index contributed by atoms with van der Waals surface area (Å²) in [5.41, 5.74) is 1.13. The highest BCUT2D eigenvalue weighted by Crippen LogP contribution is 2.13. The Morgan fingerprint density at radius 1 is 1.62 bits per heavy atom. The molecule has 0 atom stereocenters. The molecule has 0 saturated carbocycles. The molecule has 0 spiro atoms. The zero-order valence-electron chi connectivity index (χ0n) is 7.99. The van der Waals surface area contributed by atoms with Crippen LogP contribution in [0.4, 0.5) is 0 Å². The van der Waals surface area contributed by atoms with Crippen molar-refractivity contribution >= 4 is 5.84 Å². The van der Waals surface area contributed by atoms with Crippen LogP contribution >= 0.6 is 0 Å². The van der Waals surface area contributed by atoms with Gasteiger partial charge in [-0.1, -0.05) is 0 Å². The van der Waals surface area contributed by atoms with E-state index in [9.17, 15) is 0 Å². The molecule has 13 heavy (non-hydrogen) atoms. The zero-order valence-corrected chi connectivity index (χ0v) is 7.99. The third kappa shape index (κ3) is 1.52. The molecule has 0 unspecified atom stereocenters. The molecule has 4 nitrogen and oxygen atoms in total. The molecule has 2 aliphatic heterocycles. The SMILES string of the molecule is CCNC1=CC2=NN(C)CN2C=C1. The summed E-state index contributed by atoms with van der Waals surface area (Å²) in [6.07, 6.45) is 6.19. The van der Waals surface area contributed by atoms with Gasteiger partial charge >= 0.3 is 0 Å². The number of nitrogens with one attached hydrogen (secondary N) is 1. The number of hydrogen-bond acceptors (Lipinski definition) is 4. The number of nitrogens with zero attached hydrogens (tertiary/aromatic N) is 3. The minimum Gasteiger partial charge on any atom is -0.385 e. The minimum atomic E-state index is 0.849. The Labute approximate surface area is 78.2 Å². The molecule has 1 N–H and O–H groups in total. The second-order valence-corrected chi connectivity index (χ2v) is 3.17. The van der Waals surface area contributed by atoms with Crippen molar-refractivity contribution in [3.63, 3.8) is 0 Å². The van der Waals surface area contributed by atoms with Gasteiger partial charge in [-0.2, -0.15) is 5.10 Å². The molecule has 0 amide bonds. The predicted octanol–water partition coefficient (Wildman–Crippen LogP) is 0.526. The van der Waals surface area contributed by atoms with Crippen LogP contribution in [0.5, 0.6) is 0 Å². The summed E-state index contributed by atoms with van der Waals surface area (Å²) in [4.78, 5) is 2.11. The number of fused-ring (bicyclic) bond motifs is 1. The van der Waals surface area contributed by atoms with Crippen molar-refractivity contribution < 1.29 is 0 Å². The standard InChI is InChI=1S/C9H14N4/c1-3-10-8-4-5-13-7-12(2)11-9(13)6-8/h4-6,10H,3,7H2,1-2H3. The van der Waals surface area contributed by atoms with Gasteiger partial charge in [-0.05, 0) is 13.0 Å². The highest BCUT2D eigenvalue weighted by molar-refractivity contribution is 5.96. The van der Waals surface area contributed by atoms with E-state index in [-0.39, 0.29) is 0 Å². The molecule has 0 aromatic rings. The minimum absolute atomic E-state index is 0.849. The van der Waals surface area contributed by atoms with Gasteiger partial charge in [0, 0.05) is 31.6 Å². The predicted molar refractivity (Wildman–Crippen MR) is 52.8 cm³/mol. The van der Waals surface area contributed by atoms with Crippen LogP contribution in [0.3, 0.4) is 0 Å². The quantitative estimate of drug-likeness (QED) is 0.669. The monoisotopic (exact) mass is 178 g/mol. The number of allylic oxidation sites excluding steroid dienone is 1. The van der Waals surface area contributed by atoms with Crippen LogP contribution in [0, 0.1) is 0 Å². The summed E-state index contributed by atoms with van der Waals surface area (Å²) in [7, 11) is 1.97. The number of rotatable bonds is 2. The van der Waals surface area contributed by atoms with Crippen molar-refractivity contribution in [2.45, 2.75) is 6.92 Å². The first-order chi connectivity index (χ1) is 6.29. The van der Waals surface area contributed by atoms with Gasteiger partial charge in [-0.25, -0.2) is 0 Å². The molecular weight excluding hydrogens is 164 g/mol. The van der Waals surface area contributed by atoms with Gasteiger partial charge in [0.05, 0.1) is 0 Å². The number of amidine groups is 1. The average Bonchev–Trinajstić information content (AvgIpc) is 2.44. The first kappa shape index (κ1) is 8.16. The van der Waals surface area contributed by atoms with Crippen LogP contribution in [0.1, 0.15) is 6.92 Å². The first-order valence-electron chi connectivity index (χ1n) is 4.50. The second kappa shape index (κ2) is 3.12. The van der Waals surface area contributed by atoms with E-state index in [0.29, 0.717) is 0 Å². The summed E-state index contributed by atoms with van der Waals surface area (Å²) in [6.45, 7) is 3.88. The Balaban J connectivity index is 2.15. The second-order valence-electron chi connectivity index (χ2n) is 3.17. The Morgan fingerprint density at radius 3 is 3.23 bits per heavy atom. The van der Waals surface area contributed by atoms with Crippen molar-refractivity contribution in [2.24, 2.45) is 5.10 Å². The van der Waals surface area contributed by atoms with E-state index in [4.69, 9.17) is 0 Å². The molecule has 2 heterocycles. The van der Waals surface area contributed by atoms with E-state index in [0.717, 1.165) is 24.7 Å². The van der Waals surface area contributed by atoms with Gasteiger partial charge in [0.25, 0.3) is 0 Å². The van der Waals surface area contributed by atoms with Crippen molar-refractivity contribution in [2.75, 3.05) is 20.3 Å². The third-order valence-electron chi connectivity index (χ3n) is 2.02. The molecule has 0 fully saturated rings. The van der Waals surface area contributed by atoms with Gasteiger partial charge < -0.3 is 10.2 Å². The molecule has 4 heteroatoms. The molecular formula is C9H14N4. The molecule has 70 valence electrons. The zero-order chi connectivity index (χ0) is 9.26. The van der Waals surface area contributed by atoms with Crippen LogP contribution in [0.25, 0.3) is 0 Å². The van der Waals surface area contributed by atoms with Crippen LogP contribution in [-0.4, -0.2) is 36.0 Å². The molecule has 2 rings (SSSR count). The lowest BCUT2D eigenvalue weighted by Crippen LogP contribution is -2.27. The van der Waals surface area contributed by atoms with Crippen molar-refractivity contribution in [3.05, 3.63) is 24.0 Å². The summed E-state index contributed by atoms with van der Waals surface area (Å²) >= 11 is 0. The fourth-order valence-electron chi connectivity index (χ4n) is 1.46. The number of hydrazone groups is 1. The number of hydrogen-bond donors (Lipinski definition) is 1. The van der Waals surface area contributed by atoms with E-state index >= 15 is 0 Å². The van der Waals surface area contributed by atoms with Crippen molar-refractivity contribution in [1.82, 2.24) is 15.2 Å². The molecule has 0 aromatic heterocycles. The highest BCUT2D eigenvalue weighted by Gasteiger charge is 2.19. The molecule has 0 aromatic carbocycles. The topological polar surface area (TPSA) is 30.9 Å². The van der Waals surface area contributed by atoms with Gasteiger partial charge in [-0.15, -0.1) is 0 Å². The Kier molecular flexibility index (Phi) is 1.96. The number of likely N-dealkylation sites (N-methyl/N-ethyl adjacent to an activating group) is 1. The lowest BCUT2D eigenvalue weighted by atomic mass is 10.3. The van der Waals surface area contributed by atoms with Crippen LogP contribution in [0.15, 0.2) is 29.2 Å². The highest BCUT2D eigenvalue weighted by atomic mass is 15.6. The summed E-state index contributed by atoms with van der Waals surface area (Å²) in [5, 5.41) is 9.53. The maximum absolute atomic E-state index is 4.35. The fraction of sp³-hybridized carbons (Fsp3) is 0.444. The lowest BCUT2D eigenvalue weighted by Gasteiger charge is -2.18. The Morgan fingerprint density at radius 2 is 2.46 bits per heavy atom. The van der Waals surface area contributed by atoms with E-state index < -0.39 is 0 Å². The molecule has 0 aliphatic carbocycles. The lowest BCUT2D eigenvalue weighted by molar-refractivity contribution is 0.317. The van der Waals surface area contributed by atoms with Gasteiger partial charge in [0.1, 0.15) is 6.67 Å². The van der Waals surface area contributed by atoms with E-state index in [2.05, 4.69) is 40.6 Å². The van der Waals surface area contributed by atoms with Crippen molar-refractivity contribution in [1.29, 1.82) is 0 Å². The third-order valence-corrected chi connectivity index (χ3v) is 2.02. The maximum atomic E-state index is 4.35. The fourth-order valence-corrected chi connectivity index (χ4v) is 1.46. The van der Waals surface area contributed by atoms with Gasteiger partial charge in [0.2, 0.25) is 0 Å². The van der Waals surface area contributed by atoms with E-state index in [1.807, 2.05) is 12.1 Å². The van der Waals surface area contributed by atoms with Crippen molar-refractivity contribution in [3.8, 4) is 0 Å². The van der Waals surface area contributed by atoms with Crippen LogP contribution < -0.4 is 5.32 Å². The maximum Gasteiger partial charge on any atom is 0.156 e. The van der Waals surface area contributed by atoms with E-state index in [1.165, 1.54) is 0 Å². The summed E-state index contributed by atoms with van der Waals surface area (Å²) in [5.74, 6) is 1.01. The summed E-state index contributed by atoms with van der Waals surface area (Å²) in [6, 6.07) is 0. The molecule has 2 aliphatic rings. The van der Waals surface area contributed by atoms with Gasteiger partial charge in [-0.3, -0.25) is 5.01 Å². The molecule has 0 bridgehead atoms. The largest absolute Gasteiger partial charge is 0.385 e. The first-order valence-corrected chi connectivity index (χ1v) is 4.50. The Hall–Kier alpha value is -1.45. The Bertz CT molecular complexity index is 290. The molecule has 0 radical (unpaired) electrons.